The summed E-state index contributed by atoms with van der Waals surface area (Å²) in [6.45, 7) is 18.6. The van der Waals surface area contributed by atoms with Crippen LogP contribution in [0, 0.1) is 17.3 Å². The SMILES string of the molecule is CC1(C)C[C@H](CC(=O)O)[C@H](/C=C\C[Si](C)(C)C)[C@H]1O[Si](c1ccccc1)(c1ccccc1)C(C)(C)C. The highest BCUT2D eigenvalue weighted by atomic mass is 28.4. The van der Waals surface area contributed by atoms with Gasteiger partial charge in [0.15, 0.2) is 0 Å². The largest absolute Gasteiger partial charge is 0.481 e. The van der Waals surface area contributed by atoms with Crippen LogP contribution in [0.1, 0.15) is 47.5 Å². The van der Waals surface area contributed by atoms with E-state index in [1.54, 1.807) is 0 Å². The fourth-order valence-corrected chi connectivity index (χ4v) is 11.8. The Labute approximate surface area is 221 Å². The standard InChI is InChI=1S/C31H46O3Si2/c1-30(2,3)36(25-16-11-9-12-17-25,26-18-13-10-14-19-26)34-29-27(20-15-21-35(6,7)8)24(22-28(32)33)23-31(29,4)5/h9-20,24,27,29H,21-23H2,1-8H3,(H,32,33)/b20-15-/t24-,27-,29+/m0/s1. The Morgan fingerprint density at radius 2 is 1.50 bits per heavy atom. The molecule has 0 aliphatic heterocycles. The summed E-state index contributed by atoms with van der Waals surface area (Å²) in [5, 5.41) is 12.2. The van der Waals surface area contributed by atoms with Crippen molar-refractivity contribution < 1.29 is 14.3 Å². The minimum Gasteiger partial charge on any atom is -0.481 e. The van der Waals surface area contributed by atoms with E-state index in [1.807, 2.05) is 0 Å². The molecule has 3 atom stereocenters. The van der Waals surface area contributed by atoms with Gasteiger partial charge in [-0.05, 0) is 39.2 Å². The molecule has 0 heterocycles. The van der Waals surface area contributed by atoms with E-state index in [0.717, 1.165) is 12.5 Å². The minimum absolute atomic E-state index is 0.0639. The first-order chi connectivity index (χ1) is 16.7. The first kappa shape index (κ1) is 28.6. The summed E-state index contributed by atoms with van der Waals surface area (Å²) in [5.41, 5.74) is -0.138. The van der Waals surface area contributed by atoms with Crippen LogP contribution in [-0.4, -0.2) is 33.6 Å². The summed E-state index contributed by atoms with van der Waals surface area (Å²) in [6, 6.07) is 22.6. The van der Waals surface area contributed by atoms with Crippen molar-refractivity contribution in [1.82, 2.24) is 0 Å². The molecule has 0 bridgehead atoms. The van der Waals surface area contributed by atoms with Crippen molar-refractivity contribution in [2.24, 2.45) is 17.3 Å². The van der Waals surface area contributed by atoms with Gasteiger partial charge < -0.3 is 9.53 Å². The molecular weight excluding hydrogens is 477 g/mol. The molecule has 0 aromatic heterocycles. The van der Waals surface area contributed by atoms with Crippen molar-refractivity contribution in [3.8, 4) is 0 Å². The lowest BCUT2D eigenvalue weighted by Crippen LogP contribution is -2.68. The Morgan fingerprint density at radius 3 is 1.92 bits per heavy atom. The van der Waals surface area contributed by atoms with Crippen LogP contribution in [0.5, 0.6) is 0 Å². The number of rotatable bonds is 9. The van der Waals surface area contributed by atoms with Gasteiger partial charge in [-0.2, -0.15) is 0 Å². The zero-order chi connectivity index (χ0) is 26.8. The van der Waals surface area contributed by atoms with E-state index in [2.05, 4.69) is 127 Å². The molecule has 0 amide bonds. The fraction of sp³-hybridized carbons (Fsp3) is 0.516. The van der Waals surface area contributed by atoms with Crippen molar-refractivity contribution in [2.75, 3.05) is 0 Å². The summed E-state index contributed by atoms with van der Waals surface area (Å²) in [7, 11) is -4.02. The summed E-state index contributed by atoms with van der Waals surface area (Å²) >= 11 is 0. The fourth-order valence-electron chi connectivity index (χ4n) is 6.09. The van der Waals surface area contributed by atoms with Gasteiger partial charge in [0, 0.05) is 20.4 Å². The lowest BCUT2D eigenvalue weighted by atomic mass is 9.87. The third-order valence-corrected chi connectivity index (χ3v) is 14.2. The van der Waals surface area contributed by atoms with E-state index in [9.17, 15) is 9.90 Å². The topological polar surface area (TPSA) is 46.5 Å². The average molecular weight is 523 g/mol. The Balaban J connectivity index is 2.18. The molecule has 5 heteroatoms. The van der Waals surface area contributed by atoms with Crippen molar-refractivity contribution in [3.05, 3.63) is 72.8 Å². The molecule has 1 aliphatic carbocycles. The van der Waals surface area contributed by atoms with Gasteiger partial charge >= 0.3 is 5.97 Å². The molecule has 0 radical (unpaired) electrons. The van der Waals surface area contributed by atoms with Gasteiger partial charge in [0.2, 0.25) is 0 Å². The number of carboxylic acid groups (broad SMARTS) is 1. The highest BCUT2D eigenvalue weighted by Gasteiger charge is 2.57. The molecule has 3 rings (SSSR count). The first-order valence-electron chi connectivity index (χ1n) is 13.3. The van der Waals surface area contributed by atoms with Crippen molar-refractivity contribution in [3.63, 3.8) is 0 Å². The van der Waals surface area contributed by atoms with Crippen LogP contribution in [0.3, 0.4) is 0 Å². The number of carbonyl (C=O) groups is 1. The molecule has 0 unspecified atom stereocenters. The van der Waals surface area contributed by atoms with Gasteiger partial charge in [0.1, 0.15) is 0 Å². The van der Waals surface area contributed by atoms with Gasteiger partial charge in [0.05, 0.1) is 6.10 Å². The van der Waals surface area contributed by atoms with Gasteiger partial charge in [-0.25, -0.2) is 0 Å². The van der Waals surface area contributed by atoms with Crippen LogP contribution in [-0.2, 0) is 9.22 Å². The first-order valence-corrected chi connectivity index (χ1v) is 19.0. The maximum absolute atomic E-state index is 11.9. The molecule has 0 saturated heterocycles. The van der Waals surface area contributed by atoms with Crippen LogP contribution < -0.4 is 10.4 Å². The normalized spacial score (nSPS) is 22.7. The van der Waals surface area contributed by atoms with E-state index >= 15 is 0 Å². The highest BCUT2D eigenvalue weighted by Crippen LogP contribution is 2.52. The Morgan fingerprint density at radius 1 is 1.00 bits per heavy atom. The predicted octanol–water partition coefficient (Wildman–Crippen LogP) is 6.96. The molecular formula is C31H46O3Si2. The molecule has 1 fully saturated rings. The van der Waals surface area contributed by atoms with Crippen LogP contribution in [0.2, 0.25) is 30.7 Å². The van der Waals surface area contributed by atoms with Crippen LogP contribution in [0.15, 0.2) is 72.8 Å². The zero-order valence-corrected chi connectivity index (χ0v) is 25.5. The van der Waals surface area contributed by atoms with Gasteiger partial charge in [-0.3, -0.25) is 4.79 Å². The second-order valence-electron chi connectivity index (χ2n) is 13.5. The number of hydrogen-bond acceptors (Lipinski definition) is 2. The third-order valence-electron chi connectivity index (χ3n) is 7.70. The molecule has 1 saturated carbocycles. The van der Waals surface area contributed by atoms with Crippen molar-refractivity contribution in [1.29, 1.82) is 0 Å². The summed E-state index contributed by atoms with van der Waals surface area (Å²) in [6.07, 6.45) is 5.62. The van der Waals surface area contributed by atoms with E-state index in [-0.39, 0.29) is 34.8 Å². The Kier molecular flexibility index (Phi) is 8.59. The average Bonchev–Trinajstić information content (AvgIpc) is 2.99. The number of benzene rings is 2. The molecule has 0 spiro atoms. The van der Waals surface area contributed by atoms with Gasteiger partial charge in [0.25, 0.3) is 8.32 Å². The quantitative estimate of drug-likeness (QED) is 0.286. The molecule has 1 N–H and O–H groups in total. The van der Waals surface area contributed by atoms with Crippen LogP contribution >= 0.6 is 0 Å². The third kappa shape index (κ3) is 6.29. The summed E-state index contributed by atoms with van der Waals surface area (Å²) in [4.78, 5) is 11.9. The highest BCUT2D eigenvalue weighted by molar-refractivity contribution is 6.99. The molecule has 36 heavy (non-hydrogen) atoms. The number of aliphatic carboxylic acids is 1. The van der Waals surface area contributed by atoms with Gasteiger partial charge in [-0.1, -0.05) is 127 Å². The van der Waals surface area contributed by atoms with Crippen LogP contribution in [0.25, 0.3) is 0 Å². The predicted molar refractivity (Wildman–Crippen MR) is 157 cm³/mol. The van der Waals surface area contributed by atoms with Crippen LogP contribution in [0.4, 0.5) is 0 Å². The molecule has 1 aliphatic rings. The summed E-state index contributed by atoms with van der Waals surface area (Å²) in [5.74, 6) is -0.571. The monoisotopic (exact) mass is 522 g/mol. The molecule has 2 aromatic carbocycles. The smallest absolute Gasteiger partial charge is 0.303 e. The molecule has 196 valence electrons. The lowest BCUT2D eigenvalue weighted by molar-refractivity contribution is -0.138. The maximum atomic E-state index is 11.9. The molecule has 3 nitrogen and oxygen atoms in total. The number of allylic oxidation sites excluding steroid dienone is 1. The lowest BCUT2D eigenvalue weighted by Gasteiger charge is -2.47. The maximum Gasteiger partial charge on any atom is 0.303 e. The molecule has 2 aromatic rings. The zero-order valence-electron chi connectivity index (χ0n) is 23.5. The van der Waals surface area contributed by atoms with Crippen molar-refractivity contribution in [2.45, 2.75) is 84.3 Å². The minimum atomic E-state index is -2.76. The Hall–Kier alpha value is -1.96. The van der Waals surface area contributed by atoms with E-state index in [4.69, 9.17) is 4.43 Å². The summed E-state index contributed by atoms with van der Waals surface area (Å²) < 4.78 is 7.66. The van der Waals surface area contributed by atoms with E-state index < -0.39 is 22.4 Å². The second kappa shape index (κ2) is 10.8. The van der Waals surface area contributed by atoms with E-state index in [0.29, 0.717) is 0 Å². The van der Waals surface area contributed by atoms with Gasteiger partial charge in [-0.15, -0.1) is 0 Å². The van der Waals surface area contributed by atoms with Crippen molar-refractivity contribution >= 4 is 32.7 Å². The number of carboxylic acids is 1. The van der Waals surface area contributed by atoms with E-state index in [1.165, 1.54) is 10.4 Å². The second-order valence-corrected chi connectivity index (χ2v) is 23.3. The Bertz CT molecular complexity index is 993. The number of hydrogen-bond donors (Lipinski definition) is 1.